The monoisotopic (exact) mass is 296 g/mol. The molecule has 6 nitrogen and oxygen atoms in total. The summed E-state index contributed by atoms with van der Waals surface area (Å²) < 4.78 is 2.45. The number of hydrogen-bond donors (Lipinski definition) is 1. The van der Waals surface area contributed by atoms with Crippen molar-refractivity contribution in [1.82, 2.24) is 14.1 Å². The Balaban J connectivity index is 2.65. The molecule has 0 aliphatic heterocycles. The largest absolute Gasteiger partial charge is 0.397 e. The van der Waals surface area contributed by atoms with Gasteiger partial charge in [-0.15, -0.1) is 0 Å². The Morgan fingerprint density at radius 1 is 1.05 bits per heavy atom. The van der Waals surface area contributed by atoms with Gasteiger partial charge in [-0.05, 0) is 12.5 Å². The molecule has 2 aromatic heterocycles. The van der Waals surface area contributed by atoms with Crippen molar-refractivity contribution in [3.8, 4) is 11.1 Å². The van der Waals surface area contributed by atoms with Crippen LogP contribution < -0.4 is 17.0 Å². The van der Waals surface area contributed by atoms with Crippen molar-refractivity contribution in [2.75, 3.05) is 5.73 Å². The Kier molecular flexibility index (Phi) is 3.09. The lowest BCUT2D eigenvalue weighted by Gasteiger charge is -2.14. The van der Waals surface area contributed by atoms with Crippen LogP contribution in [0.2, 0.25) is 0 Å². The Hall–Kier alpha value is -2.89. The Morgan fingerprint density at radius 2 is 1.68 bits per heavy atom. The molecule has 0 unspecified atom stereocenters. The second-order valence-corrected chi connectivity index (χ2v) is 5.26. The topological polar surface area (TPSA) is 82.9 Å². The van der Waals surface area contributed by atoms with Gasteiger partial charge in [-0.2, -0.15) is 0 Å². The molecule has 0 fully saturated rings. The van der Waals surface area contributed by atoms with Gasteiger partial charge in [-0.25, -0.2) is 9.78 Å². The maximum atomic E-state index is 12.6. The number of aryl methyl sites for hydroxylation is 2. The van der Waals surface area contributed by atoms with E-state index in [4.69, 9.17) is 5.73 Å². The van der Waals surface area contributed by atoms with E-state index in [2.05, 4.69) is 4.98 Å². The quantitative estimate of drug-likeness (QED) is 0.731. The first-order valence-electron chi connectivity index (χ1n) is 6.84. The first kappa shape index (κ1) is 14.1. The van der Waals surface area contributed by atoms with Crippen molar-refractivity contribution in [1.29, 1.82) is 0 Å². The summed E-state index contributed by atoms with van der Waals surface area (Å²) in [6.07, 6.45) is 0. The van der Waals surface area contributed by atoms with Crippen LogP contribution in [0.3, 0.4) is 0 Å². The van der Waals surface area contributed by atoms with Gasteiger partial charge >= 0.3 is 5.69 Å². The van der Waals surface area contributed by atoms with Gasteiger partial charge in [0.1, 0.15) is 5.65 Å². The maximum absolute atomic E-state index is 12.6. The fourth-order valence-corrected chi connectivity index (χ4v) is 2.62. The fraction of sp³-hybridized carbons (Fsp3) is 0.188. The lowest BCUT2D eigenvalue weighted by molar-refractivity contribution is 0.707. The first-order chi connectivity index (χ1) is 10.4. The average molecular weight is 296 g/mol. The van der Waals surface area contributed by atoms with E-state index >= 15 is 0 Å². The third-order valence-electron chi connectivity index (χ3n) is 3.88. The van der Waals surface area contributed by atoms with Crippen LogP contribution in [0.1, 0.15) is 5.69 Å². The minimum absolute atomic E-state index is 0.346. The van der Waals surface area contributed by atoms with Crippen LogP contribution in [-0.2, 0) is 14.1 Å². The van der Waals surface area contributed by atoms with Crippen molar-refractivity contribution in [3.05, 3.63) is 56.9 Å². The van der Waals surface area contributed by atoms with Gasteiger partial charge in [0.2, 0.25) is 0 Å². The predicted molar refractivity (Wildman–Crippen MR) is 86.8 cm³/mol. The summed E-state index contributed by atoms with van der Waals surface area (Å²) in [5.41, 5.74) is 8.23. The molecule has 3 aromatic rings. The summed E-state index contributed by atoms with van der Waals surface area (Å²) in [4.78, 5) is 29.1. The number of pyridine rings is 1. The molecular formula is C16H16N4O2. The van der Waals surface area contributed by atoms with E-state index in [9.17, 15) is 9.59 Å². The van der Waals surface area contributed by atoms with Gasteiger partial charge in [-0.3, -0.25) is 13.9 Å². The maximum Gasteiger partial charge on any atom is 0.332 e. The summed E-state index contributed by atoms with van der Waals surface area (Å²) in [7, 11) is 3.05. The fourth-order valence-electron chi connectivity index (χ4n) is 2.62. The van der Waals surface area contributed by atoms with Gasteiger partial charge in [-0.1, -0.05) is 30.3 Å². The second-order valence-electron chi connectivity index (χ2n) is 5.26. The number of aromatic nitrogens is 3. The predicted octanol–water partition coefficient (Wildman–Crippen LogP) is 1.19. The third kappa shape index (κ3) is 1.84. The number of anilines is 1. The smallest absolute Gasteiger partial charge is 0.332 e. The van der Waals surface area contributed by atoms with Gasteiger partial charge in [0.05, 0.1) is 16.8 Å². The molecule has 3 rings (SSSR count). The molecule has 0 saturated carbocycles. The molecule has 112 valence electrons. The van der Waals surface area contributed by atoms with E-state index in [1.54, 1.807) is 14.0 Å². The summed E-state index contributed by atoms with van der Waals surface area (Å²) in [5.74, 6) is 0. The molecule has 0 bridgehead atoms. The summed E-state index contributed by atoms with van der Waals surface area (Å²) in [6.45, 7) is 1.77. The minimum atomic E-state index is -0.409. The average Bonchev–Trinajstić information content (AvgIpc) is 2.53. The molecule has 6 heteroatoms. The molecule has 2 N–H and O–H groups in total. The third-order valence-corrected chi connectivity index (χ3v) is 3.88. The normalized spacial score (nSPS) is 11.0. The summed E-state index contributed by atoms with van der Waals surface area (Å²) >= 11 is 0. The molecule has 0 aliphatic carbocycles. The molecule has 2 heterocycles. The van der Waals surface area contributed by atoms with Gasteiger partial charge in [0.15, 0.2) is 0 Å². The molecule has 0 spiro atoms. The van der Waals surface area contributed by atoms with E-state index in [0.29, 0.717) is 28.0 Å². The second kappa shape index (κ2) is 4.84. The molecule has 0 saturated heterocycles. The Bertz CT molecular complexity index is 1000. The number of nitrogens with zero attached hydrogens (tertiary/aromatic N) is 3. The lowest BCUT2D eigenvalue weighted by atomic mass is 10.00. The van der Waals surface area contributed by atoms with Crippen molar-refractivity contribution in [2.24, 2.45) is 14.1 Å². The SMILES string of the molecule is Cc1nc2c(c(-c3ccccc3)c1N)c(=O)n(C)c(=O)n2C. The highest BCUT2D eigenvalue weighted by Crippen LogP contribution is 2.32. The van der Waals surface area contributed by atoms with Crippen LogP contribution in [-0.4, -0.2) is 14.1 Å². The van der Waals surface area contributed by atoms with Gasteiger partial charge in [0.25, 0.3) is 5.56 Å². The molecule has 0 radical (unpaired) electrons. The van der Waals surface area contributed by atoms with E-state index < -0.39 is 11.2 Å². The van der Waals surface area contributed by atoms with Crippen molar-refractivity contribution < 1.29 is 0 Å². The highest BCUT2D eigenvalue weighted by Gasteiger charge is 2.19. The van der Waals surface area contributed by atoms with E-state index in [-0.39, 0.29) is 0 Å². The standard InChI is InChI=1S/C16H16N4O2/c1-9-13(17)11(10-7-5-4-6-8-10)12-14(18-9)19(2)16(22)20(3)15(12)21/h4-8H,17H2,1-3H3. The van der Waals surface area contributed by atoms with Crippen LogP contribution in [0.4, 0.5) is 5.69 Å². The zero-order valence-electron chi connectivity index (χ0n) is 12.6. The van der Waals surface area contributed by atoms with Gasteiger partial charge in [0, 0.05) is 19.7 Å². The molecule has 0 amide bonds. The Labute approximate surface area is 126 Å². The minimum Gasteiger partial charge on any atom is -0.397 e. The summed E-state index contributed by atoms with van der Waals surface area (Å²) in [5, 5.41) is 0.360. The van der Waals surface area contributed by atoms with Crippen molar-refractivity contribution >= 4 is 16.7 Å². The van der Waals surface area contributed by atoms with Crippen LogP contribution in [0, 0.1) is 6.92 Å². The van der Waals surface area contributed by atoms with E-state index in [1.807, 2.05) is 30.3 Å². The zero-order chi connectivity index (χ0) is 16.0. The van der Waals surface area contributed by atoms with Crippen LogP contribution >= 0.6 is 0 Å². The zero-order valence-corrected chi connectivity index (χ0v) is 12.6. The van der Waals surface area contributed by atoms with Crippen LogP contribution in [0.15, 0.2) is 39.9 Å². The molecule has 0 atom stereocenters. The van der Waals surface area contributed by atoms with E-state index in [0.717, 1.165) is 10.1 Å². The molecule has 0 aliphatic rings. The Morgan fingerprint density at radius 3 is 2.32 bits per heavy atom. The van der Waals surface area contributed by atoms with Crippen molar-refractivity contribution in [2.45, 2.75) is 6.92 Å². The number of nitrogen functional groups attached to an aromatic ring is 1. The van der Waals surface area contributed by atoms with Crippen LogP contribution in [0.5, 0.6) is 0 Å². The van der Waals surface area contributed by atoms with Crippen molar-refractivity contribution in [3.63, 3.8) is 0 Å². The number of fused-ring (bicyclic) bond motifs is 1. The number of rotatable bonds is 1. The lowest BCUT2D eigenvalue weighted by Crippen LogP contribution is -2.37. The molecule has 22 heavy (non-hydrogen) atoms. The first-order valence-corrected chi connectivity index (χ1v) is 6.84. The van der Waals surface area contributed by atoms with Gasteiger partial charge < -0.3 is 5.73 Å². The highest BCUT2D eigenvalue weighted by atomic mass is 16.2. The highest BCUT2D eigenvalue weighted by molar-refractivity contribution is 5.99. The molecular weight excluding hydrogens is 280 g/mol. The summed E-state index contributed by atoms with van der Waals surface area (Å²) in [6, 6.07) is 9.42. The van der Waals surface area contributed by atoms with Crippen LogP contribution in [0.25, 0.3) is 22.2 Å². The van der Waals surface area contributed by atoms with E-state index in [1.165, 1.54) is 11.6 Å². The number of benzene rings is 1. The number of nitrogens with two attached hydrogens (primary N) is 1. The molecule has 1 aromatic carbocycles. The number of hydrogen-bond acceptors (Lipinski definition) is 4.